The number of amides is 1. The summed E-state index contributed by atoms with van der Waals surface area (Å²) in [5, 5.41) is 22.8. The van der Waals surface area contributed by atoms with Crippen molar-refractivity contribution in [3.8, 4) is 0 Å². The molecule has 0 aliphatic carbocycles. The molecule has 13 heteroatoms. The number of aliphatic hydroxyl groups is 2. The van der Waals surface area contributed by atoms with Crippen LogP contribution in [0.4, 0.5) is 11.6 Å². The number of guanidine groups is 2. The quantitative estimate of drug-likeness (QED) is 0.277. The maximum Gasteiger partial charge on any atom is 0.281 e. The number of carbonyl (C=O) groups is 1. The van der Waals surface area contributed by atoms with Gasteiger partial charge in [0, 0.05) is 32.7 Å². The number of aliphatic hydroxyl groups excluding tert-OH is 2. The van der Waals surface area contributed by atoms with Crippen LogP contribution in [0.2, 0.25) is 0 Å². The minimum atomic E-state index is -0.820. The third-order valence-electron chi connectivity index (χ3n) is 7.91. The summed E-state index contributed by atoms with van der Waals surface area (Å²) in [6, 6.07) is 20.2. The molecule has 0 unspecified atom stereocenters. The molecule has 45 heavy (non-hydrogen) atoms. The third kappa shape index (κ3) is 5.91. The first-order valence-corrected chi connectivity index (χ1v) is 15.2. The van der Waals surface area contributed by atoms with Gasteiger partial charge in [-0.25, -0.2) is 9.97 Å². The number of benzene rings is 2. The predicted octanol–water partition coefficient (Wildman–Crippen LogP) is 2.60. The van der Waals surface area contributed by atoms with Crippen LogP contribution in [0.1, 0.15) is 47.4 Å². The van der Waals surface area contributed by atoms with E-state index in [-0.39, 0.29) is 19.1 Å². The summed E-state index contributed by atoms with van der Waals surface area (Å²) in [5.41, 5.74) is 3.67. The van der Waals surface area contributed by atoms with E-state index in [2.05, 4.69) is 37.4 Å². The molecule has 0 bridgehead atoms. The van der Waals surface area contributed by atoms with E-state index in [1.54, 1.807) is 22.5 Å². The van der Waals surface area contributed by atoms with Crippen LogP contribution in [-0.2, 0) is 13.1 Å². The SMILES string of the molecule is CCN1C(=NCCO)Nc2ncn(Cc3ccccc3)c2[C@@H]1O.CCN1C(=O)c2c(ncn2Cc2ccccc2)N2CCN=C12. The fourth-order valence-corrected chi connectivity index (χ4v) is 5.77. The molecule has 234 valence electrons. The summed E-state index contributed by atoms with van der Waals surface area (Å²) < 4.78 is 3.87. The van der Waals surface area contributed by atoms with Crippen molar-refractivity contribution in [1.29, 1.82) is 0 Å². The van der Waals surface area contributed by atoms with Gasteiger partial charge in [0.25, 0.3) is 5.91 Å². The molecule has 1 atom stereocenters. The van der Waals surface area contributed by atoms with E-state index in [9.17, 15) is 9.90 Å². The van der Waals surface area contributed by atoms with E-state index in [4.69, 9.17) is 5.11 Å². The molecule has 2 aromatic carbocycles. The summed E-state index contributed by atoms with van der Waals surface area (Å²) >= 11 is 0. The predicted molar refractivity (Wildman–Crippen MR) is 172 cm³/mol. The Morgan fingerprint density at radius 2 is 1.60 bits per heavy atom. The Hall–Kier alpha value is -5.01. The smallest absolute Gasteiger partial charge is 0.281 e. The van der Waals surface area contributed by atoms with Crippen LogP contribution >= 0.6 is 0 Å². The van der Waals surface area contributed by atoms with Gasteiger partial charge in [-0.3, -0.25) is 24.6 Å². The molecule has 0 saturated heterocycles. The fraction of sp³-hybridized carbons (Fsp3) is 0.344. The molecule has 0 radical (unpaired) electrons. The zero-order chi connectivity index (χ0) is 31.3. The number of nitrogens with one attached hydrogen (secondary N) is 1. The Labute approximate surface area is 261 Å². The van der Waals surface area contributed by atoms with Gasteiger partial charge in [0.2, 0.25) is 11.9 Å². The van der Waals surface area contributed by atoms with E-state index in [1.165, 1.54) is 0 Å². The molecular weight excluding hydrogens is 572 g/mol. The average molecular weight is 611 g/mol. The molecular formula is C32H38N10O3. The zero-order valence-electron chi connectivity index (χ0n) is 25.5. The van der Waals surface area contributed by atoms with Gasteiger partial charge in [-0.05, 0) is 25.0 Å². The van der Waals surface area contributed by atoms with E-state index in [1.807, 2.05) is 76.4 Å². The van der Waals surface area contributed by atoms with Gasteiger partial charge in [-0.2, -0.15) is 0 Å². The first kappa shape index (κ1) is 30.0. The summed E-state index contributed by atoms with van der Waals surface area (Å²) in [7, 11) is 0. The molecule has 1 amide bonds. The number of anilines is 2. The number of imidazole rings is 2. The van der Waals surface area contributed by atoms with Crippen LogP contribution in [0.15, 0.2) is 83.3 Å². The molecule has 5 heterocycles. The van der Waals surface area contributed by atoms with E-state index in [0.717, 1.165) is 35.1 Å². The van der Waals surface area contributed by atoms with Crippen molar-refractivity contribution >= 4 is 29.5 Å². The minimum Gasteiger partial charge on any atom is -0.394 e. The second kappa shape index (κ2) is 13.3. The topological polar surface area (TPSA) is 140 Å². The number of aromatic nitrogens is 4. The Bertz CT molecular complexity index is 1680. The van der Waals surface area contributed by atoms with Crippen molar-refractivity contribution in [2.45, 2.75) is 33.2 Å². The third-order valence-corrected chi connectivity index (χ3v) is 7.91. The van der Waals surface area contributed by atoms with Gasteiger partial charge < -0.3 is 29.6 Å². The van der Waals surface area contributed by atoms with Crippen LogP contribution in [0.25, 0.3) is 0 Å². The summed E-state index contributed by atoms with van der Waals surface area (Å²) in [4.78, 5) is 35.9. The highest BCUT2D eigenvalue weighted by molar-refractivity contribution is 6.17. The van der Waals surface area contributed by atoms with E-state index >= 15 is 0 Å². The van der Waals surface area contributed by atoms with Crippen LogP contribution in [0.5, 0.6) is 0 Å². The highest BCUT2D eigenvalue weighted by Gasteiger charge is 2.39. The number of rotatable bonds is 8. The molecule has 3 N–H and O–H groups in total. The molecule has 0 spiro atoms. The molecule has 0 saturated carbocycles. The standard InChI is InChI=1S/C16H21N5O2.C16H17N5O/c1-2-21-15(23)13-14(19-16(21)17-8-9-22)18-11-20(13)10-12-6-4-3-5-7-12;1-2-20-15(22)13-14(21-9-8-17-16(20)21)18-11-19(13)10-12-6-4-3-5-7-12/h3-7,11,15,22-23H,2,8-10H2,1H3,(H,17,19);3-7,11H,2,8-10H2,1H3/t15-;/m0./s1. The Balaban J connectivity index is 0.000000159. The number of nitrogens with zero attached hydrogens (tertiary/aromatic N) is 9. The Kier molecular flexibility index (Phi) is 8.89. The lowest BCUT2D eigenvalue weighted by Gasteiger charge is -2.34. The second-order valence-electron chi connectivity index (χ2n) is 10.7. The normalized spacial score (nSPS) is 17.7. The molecule has 13 nitrogen and oxygen atoms in total. The fourth-order valence-electron chi connectivity index (χ4n) is 5.77. The largest absolute Gasteiger partial charge is 0.394 e. The van der Waals surface area contributed by atoms with Crippen LogP contribution in [0.3, 0.4) is 0 Å². The average Bonchev–Trinajstić information content (AvgIpc) is 3.81. The lowest BCUT2D eigenvalue weighted by atomic mass is 10.2. The minimum absolute atomic E-state index is 0.0113. The summed E-state index contributed by atoms with van der Waals surface area (Å²) in [6.45, 7) is 8.16. The van der Waals surface area contributed by atoms with Crippen molar-refractivity contribution in [3.05, 3.63) is 95.8 Å². The number of fused-ring (bicyclic) bond motifs is 4. The molecule has 3 aliphatic rings. The van der Waals surface area contributed by atoms with Gasteiger partial charge >= 0.3 is 0 Å². The van der Waals surface area contributed by atoms with Crippen LogP contribution in [0, 0.1) is 0 Å². The number of aliphatic imine (C=N–C) groups is 2. The van der Waals surface area contributed by atoms with E-state index < -0.39 is 6.23 Å². The summed E-state index contributed by atoms with van der Waals surface area (Å²) in [6.07, 6.45) is 2.65. The second-order valence-corrected chi connectivity index (χ2v) is 10.7. The lowest BCUT2D eigenvalue weighted by Crippen LogP contribution is -2.50. The van der Waals surface area contributed by atoms with Crippen molar-refractivity contribution < 1.29 is 15.0 Å². The maximum atomic E-state index is 12.8. The van der Waals surface area contributed by atoms with Gasteiger partial charge in [0.1, 0.15) is 5.69 Å². The van der Waals surface area contributed by atoms with Crippen molar-refractivity contribution in [2.75, 3.05) is 49.5 Å². The van der Waals surface area contributed by atoms with Gasteiger partial charge in [-0.1, -0.05) is 60.7 Å². The number of hydrogen-bond donors (Lipinski definition) is 3. The first-order chi connectivity index (χ1) is 22.0. The van der Waals surface area contributed by atoms with Gasteiger partial charge in [0.05, 0.1) is 32.4 Å². The number of carbonyl (C=O) groups excluding carboxylic acids is 1. The van der Waals surface area contributed by atoms with Crippen molar-refractivity contribution in [3.63, 3.8) is 0 Å². The Morgan fingerprint density at radius 3 is 2.24 bits per heavy atom. The van der Waals surface area contributed by atoms with Crippen molar-refractivity contribution in [2.24, 2.45) is 9.98 Å². The summed E-state index contributed by atoms with van der Waals surface area (Å²) in [5.74, 6) is 2.61. The van der Waals surface area contributed by atoms with E-state index in [0.29, 0.717) is 50.2 Å². The molecule has 4 aromatic rings. The van der Waals surface area contributed by atoms with Crippen molar-refractivity contribution in [1.82, 2.24) is 28.9 Å². The highest BCUT2D eigenvalue weighted by Crippen LogP contribution is 2.31. The first-order valence-electron chi connectivity index (χ1n) is 15.2. The monoisotopic (exact) mass is 610 g/mol. The molecule has 3 aliphatic heterocycles. The van der Waals surface area contributed by atoms with Crippen LogP contribution < -0.4 is 10.2 Å². The van der Waals surface area contributed by atoms with Crippen LogP contribution in [-0.4, -0.2) is 96.3 Å². The lowest BCUT2D eigenvalue weighted by molar-refractivity contribution is 0.0464. The van der Waals surface area contributed by atoms with Gasteiger partial charge in [-0.15, -0.1) is 0 Å². The molecule has 0 fully saturated rings. The molecule has 2 aromatic heterocycles. The number of hydrogen-bond acceptors (Lipinski definition) is 8. The highest BCUT2D eigenvalue weighted by atomic mass is 16.3. The maximum absolute atomic E-state index is 12.8. The van der Waals surface area contributed by atoms with Gasteiger partial charge in [0.15, 0.2) is 23.6 Å². The Morgan fingerprint density at radius 1 is 0.933 bits per heavy atom. The molecule has 7 rings (SSSR count). The zero-order valence-corrected chi connectivity index (χ0v) is 25.5.